The summed E-state index contributed by atoms with van der Waals surface area (Å²) < 4.78 is 10.2. The number of rotatable bonds is 8. The van der Waals surface area contributed by atoms with Crippen molar-refractivity contribution in [3.8, 4) is 11.5 Å². The molecule has 0 saturated heterocycles. The molecule has 0 heterocycles. The fourth-order valence-corrected chi connectivity index (χ4v) is 3.10. The average Bonchev–Trinajstić information content (AvgIpc) is 2.61. The molecule has 4 nitrogen and oxygen atoms in total. The van der Waals surface area contributed by atoms with E-state index in [1.807, 2.05) is 48.5 Å². The van der Waals surface area contributed by atoms with Crippen molar-refractivity contribution < 1.29 is 19.7 Å². The average molecular weight is 334 g/mol. The van der Waals surface area contributed by atoms with E-state index in [-0.39, 0.29) is 0 Å². The zero-order chi connectivity index (χ0) is 16.7. The molecule has 0 radical (unpaired) electrons. The molecule has 0 aliphatic heterocycles. The van der Waals surface area contributed by atoms with Crippen LogP contribution in [0.25, 0.3) is 0 Å². The fourth-order valence-electron chi connectivity index (χ4n) is 2.14. The van der Waals surface area contributed by atoms with Crippen molar-refractivity contribution in [2.45, 2.75) is 12.2 Å². The van der Waals surface area contributed by atoms with Gasteiger partial charge in [-0.05, 0) is 35.4 Å². The standard InChI is InChI=1S/C18H22O4S/c1-21-15-7-3-13(4-8-15)17(19)11-23-12-18(20)14-5-9-16(22-2)10-6-14/h3-10,17-20H,11-12H2,1-2H3. The monoisotopic (exact) mass is 334 g/mol. The molecule has 2 aromatic carbocycles. The Morgan fingerprint density at radius 2 is 1.09 bits per heavy atom. The van der Waals surface area contributed by atoms with E-state index < -0.39 is 12.2 Å². The van der Waals surface area contributed by atoms with Gasteiger partial charge in [-0.1, -0.05) is 24.3 Å². The van der Waals surface area contributed by atoms with Gasteiger partial charge in [0.25, 0.3) is 0 Å². The Bertz CT molecular complexity index is 529. The highest BCUT2D eigenvalue weighted by Gasteiger charge is 2.11. The maximum Gasteiger partial charge on any atom is 0.118 e. The Kier molecular flexibility index (Phi) is 6.77. The van der Waals surface area contributed by atoms with Crippen molar-refractivity contribution in [2.24, 2.45) is 0 Å². The first-order valence-corrected chi connectivity index (χ1v) is 8.51. The Hall–Kier alpha value is -1.69. The fraction of sp³-hybridized carbons (Fsp3) is 0.333. The Morgan fingerprint density at radius 1 is 0.739 bits per heavy atom. The Morgan fingerprint density at radius 3 is 1.39 bits per heavy atom. The van der Waals surface area contributed by atoms with Gasteiger partial charge in [-0.3, -0.25) is 0 Å². The van der Waals surface area contributed by atoms with E-state index in [9.17, 15) is 10.2 Å². The molecular formula is C18H22O4S. The second-order valence-corrected chi connectivity index (χ2v) is 6.19. The molecule has 23 heavy (non-hydrogen) atoms. The van der Waals surface area contributed by atoms with E-state index in [4.69, 9.17) is 9.47 Å². The zero-order valence-corrected chi connectivity index (χ0v) is 14.1. The van der Waals surface area contributed by atoms with Crippen LogP contribution in [0.5, 0.6) is 11.5 Å². The first kappa shape index (κ1) is 17.7. The number of methoxy groups -OCH3 is 2. The molecule has 0 fully saturated rings. The minimum atomic E-state index is -0.561. The molecule has 5 heteroatoms. The Balaban J connectivity index is 1.80. The van der Waals surface area contributed by atoms with Crippen molar-refractivity contribution in [3.63, 3.8) is 0 Å². The highest BCUT2D eigenvalue weighted by Crippen LogP contribution is 2.25. The molecule has 0 spiro atoms. The minimum Gasteiger partial charge on any atom is -0.497 e. The predicted octanol–water partition coefficient (Wildman–Crippen LogP) is 3.20. The number of aliphatic hydroxyl groups excluding tert-OH is 2. The lowest BCUT2D eigenvalue weighted by Gasteiger charge is -2.14. The lowest BCUT2D eigenvalue weighted by atomic mass is 10.1. The van der Waals surface area contributed by atoms with Gasteiger partial charge < -0.3 is 19.7 Å². The van der Waals surface area contributed by atoms with E-state index in [1.54, 1.807) is 14.2 Å². The van der Waals surface area contributed by atoms with Crippen LogP contribution in [0.2, 0.25) is 0 Å². The van der Waals surface area contributed by atoms with Gasteiger partial charge in [0.1, 0.15) is 11.5 Å². The highest BCUT2D eigenvalue weighted by atomic mass is 32.2. The maximum absolute atomic E-state index is 10.2. The molecule has 0 aliphatic rings. The second kappa shape index (κ2) is 8.82. The van der Waals surface area contributed by atoms with Gasteiger partial charge in [0, 0.05) is 11.5 Å². The van der Waals surface area contributed by atoms with E-state index in [1.165, 1.54) is 11.8 Å². The summed E-state index contributed by atoms with van der Waals surface area (Å²) in [4.78, 5) is 0. The minimum absolute atomic E-state index is 0.527. The van der Waals surface area contributed by atoms with Crippen molar-refractivity contribution >= 4 is 11.8 Å². The molecule has 0 aromatic heterocycles. The topological polar surface area (TPSA) is 58.9 Å². The predicted molar refractivity (Wildman–Crippen MR) is 93.2 cm³/mol. The van der Waals surface area contributed by atoms with E-state index in [0.29, 0.717) is 11.5 Å². The van der Waals surface area contributed by atoms with E-state index in [0.717, 1.165) is 22.6 Å². The molecule has 0 amide bonds. The van der Waals surface area contributed by atoms with Crippen LogP contribution in [0.1, 0.15) is 23.3 Å². The largest absolute Gasteiger partial charge is 0.497 e. The first-order valence-electron chi connectivity index (χ1n) is 7.36. The molecule has 2 unspecified atom stereocenters. The van der Waals surface area contributed by atoms with E-state index in [2.05, 4.69) is 0 Å². The number of hydrogen-bond donors (Lipinski definition) is 2. The first-order chi connectivity index (χ1) is 11.1. The molecule has 2 rings (SSSR count). The lowest BCUT2D eigenvalue weighted by Crippen LogP contribution is -2.05. The molecule has 2 N–H and O–H groups in total. The van der Waals surface area contributed by atoms with Crippen LogP contribution in [-0.4, -0.2) is 35.9 Å². The van der Waals surface area contributed by atoms with Crippen LogP contribution >= 0.6 is 11.8 Å². The summed E-state index contributed by atoms with van der Waals surface area (Å²) in [6.07, 6.45) is -1.12. The number of ether oxygens (including phenoxy) is 2. The number of aliphatic hydroxyl groups is 2. The number of thioether (sulfide) groups is 1. The quantitative estimate of drug-likeness (QED) is 0.776. The van der Waals surface area contributed by atoms with Crippen LogP contribution < -0.4 is 9.47 Å². The maximum atomic E-state index is 10.2. The number of benzene rings is 2. The normalized spacial score (nSPS) is 13.4. The third-order valence-corrected chi connectivity index (χ3v) is 4.66. The lowest BCUT2D eigenvalue weighted by molar-refractivity contribution is 0.198. The van der Waals surface area contributed by atoms with Gasteiger partial charge in [-0.2, -0.15) is 11.8 Å². The third-order valence-electron chi connectivity index (χ3n) is 3.55. The SMILES string of the molecule is COc1ccc(C(O)CSCC(O)c2ccc(OC)cc2)cc1. The second-order valence-electron chi connectivity index (χ2n) is 5.12. The van der Waals surface area contributed by atoms with Crippen LogP contribution in [-0.2, 0) is 0 Å². The van der Waals surface area contributed by atoms with Crippen LogP contribution in [0.4, 0.5) is 0 Å². The summed E-state index contributed by atoms with van der Waals surface area (Å²) in [5.74, 6) is 2.59. The van der Waals surface area contributed by atoms with Gasteiger partial charge in [0.05, 0.1) is 26.4 Å². The van der Waals surface area contributed by atoms with Crippen molar-refractivity contribution in [1.82, 2.24) is 0 Å². The van der Waals surface area contributed by atoms with Crippen LogP contribution in [0.3, 0.4) is 0 Å². The van der Waals surface area contributed by atoms with Crippen LogP contribution in [0.15, 0.2) is 48.5 Å². The third kappa shape index (κ3) is 5.16. The van der Waals surface area contributed by atoms with Gasteiger partial charge in [-0.15, -0.1) is 0 Å². The summed E-state index contributed by atoms with van der Waals surface area (Å²) in [6.45, 7) is 0. The molecule has 0 bridgehead atoms. The van der Waals surface area contributed by atoms with Gasteiger partial charge in [0.15, 0.2) is 0 Å². The van der Waals surface area contributed by atoms with Crippen molar-refractivity contribution in [2.75, 3.05) is 25.7 Å². The zero-order valence-electron chi connectivity index (χ0n) is 13.3. The van der Waals surface area contributed by atoms with Gasteiger partial charge in [0.2, 0.25) is 0 Å². The molecule has 2 aromatic rings. The smallest absolute Gasteiger partial charge is 0.118 e. The summed E-state index contributed by atoms with van der Waals surface area (Å²) in [5, 5.41) is 20.4. The van der Waals surface area contributed by atoms with Crippen LogP contribution in [0, 0.1) is 0 Å². The molecule has 2 atom stereocenters. The summed E-state index contributed by atoms with van der Waals surface area (Å²) in [5.41, 5.74) is 1.69. The summed E-state index contributed by atoms with van der Waals surface area (Å²) in [7, 11) is 3.23. The summed E-state index contributed by atoms with van der Waals surface area (Å²) in [6, 6.07) is 14.7. The molecule has 0 saturated carbocycles. The molecular weight excluding hydrogens is 312 g/mol. The van der Waals surface area contributed by atoms with Crippen molar-refractivity contribution in [3.05, 3.63) is 59.7 Å². The van der Waals surface area contributed by atoms with Gasteiger partial charge >= 0.3 is 0 Å². The number of hydrogen-bond acceptors (Lipinski definition) is 5. The molecule has 124 valence electrons. The Labute approximate surface area is 141 Å². The van der Waals surface area contributed by atoms with Crippen molar-refractivity contribution in [1.29, 1.82) is 0 Å². The highest BCUT2D eigenvalue weighted by molar-refractivity contribution is 7.99. The van der Waals surface area contributed by atoms with Gasteiger partial charge in [-0.25, -0.2) is 0 Å². The molecule has 0 aliphatic carbocycles. The van der Waals surface area contributed by atoms with E-state index >= 15 is 0 Å². The summed E-state index contributed by atoms with van der Waals surface area (Å²) >= 11 is 1.52.